The minimum absolute atomic E-state index is 0.0369. The number of methoxy groups -OCH3 is 1. The number of nitrogens with zero attached hydrogens (tertiary/aromatic N) is 4. The number of hydrogen-bond acceptors (Lipinski definition) is 9. The second-order valence-corrected chi connectivity index (χ2v) is 22.7. The summed E-state index contributed by atoms with van der Waals surface area (Å²) in [6.07, 6.45) is 2.07. The summed E-state index contributed by atoms with van der Waals surface area (Å²) in [5.41, 5.74) is 0.490. The number of nitrogens with one attached hydrogen (secondary N) is 3. The molecule has 7 aliphatic rings. The minimum Gasteiger partial charge on any atom is -0.495 e. The Hall–Kier alpha value is -6.51. The third kappa shape index (κ3) is 8.23. The average Bonchev–Trinajstić information content (AvgIpc) is 3.74. The van der Waals surface area contributed by atoms with Gasteiger partial charge in [0, 0.05) is 89.5 Å². The molecule has 13 nitrogen and oxygen atoms in total. The number of carbonyl (C=O) groups excluding carboxylic acids is 5. The molecule has 18 heteroatoms. The van der Waals surface area contributed by atoms with Gasteiger partial charge in [-0.3, -0.25) is 39.2 Å². The number of alkyl halides is 3. The maximum absolute atomic E-state index is 16.8. The van der Waals surface area contributed by atoms with Crippen molar-refractivity contribution in [1.29, 1.82) is 0 Å². The minimum atomic E-state index is -4.71. The topological polar surface area (TPSA) is 153 Å². The van der Waals surface area contributed by atoms with E-state index in [1.54, 1.807) is 42.5 Å². The van der Waals surface area contributed by atoms with Crippen molar-refractivity contribution in [2.45, 2.75) is 120 Å². The first-order valence-electron chi connectivity index (χ1n) is 25.8. The molecule has 5 amide bonds. The highest BCUT2D eigenvalue weighted by Gasteiger charge is 2.72. The second kappa shape index (κ2) is 18.4. The number of fused-ring (bicyclic) bond motifs is 4. The van der Waals surface area contributed by atoms with Crippen molar-refractivity contribution in [3.8, 4) is 17.6 Å². The predicted octanol–water partition coefficient (Wildman–Crippen LogP) is 9.09. The van der Waals surface area contributed by atoms with Crippen LogP contribution in [-0.2, 0) is 32.5 Å². The molecule has 2 aliphatic carbocycles. The van der Waals surface area contributed by atoms with Gasteiger partial charge in [0.25, 0.3) is 11.8 Å². The summed E-state index contributed by atoms with van der Waals surface area (Å²) in [5, 5.41) is 8.59. The molecule has 11 rings (SSSR count). The standard InChI is InChI=1S/C57H58ClF4N7O6/c1-5-69-48(46(36-10-7-11-39(58)47(36)59)56(55(69)20-18-53(2,3)19-21-55)31-64-41-27-44(57(60,61)62)63-29-38(41)56)50(72)65-40-15-13-33(26-43(40)75-4)51(73)67-24-22-54(23-25-67)28-34(54)14-12-32-8-6-9-35-37(32)30-68(52(35)74)42-16-17-45(70)66-49(42)71/h6-11,13,15,26-27,29,34,42,46,48,64H,5,16-25,28,30-31H2,1-4H3,(H,65,72)(H,66,70,71)/t34-,42-,46-,48+,56+/m0/s1. The van der Waals surface area contributed by atoms with E-state index in [4.69, 9.17) is 16.3 Å². The lowest BCUT2D eigenvalue weighted by molar-refractivity contribution is -0.141. The largest absolute Gasteiger partial charge is 0.495 e. The Morgan fingerprint density at radius 3 is 2.44 bits per heavy atom. The first-order valence-corrected chi connectivity index (χ1v) is 26.2. The molecule has 5 atom stereocenters. The van der Waals surface area contributed by atoms with Crippen molar-refractivity contribution in [2.75, 3.05) is 43.9 Å². The lowest BCUT2D eigenvalue weighted by Crippen LogP contribution is -2.61. The van der Waals surface area contributed by atoms with E-state index >= 15 is 9.18 Å². The van der Waals surface area contributed by atoms with Crippen LogP contribution in [0.25, 0.3) is 0 Å². The van der Waals surface area contributed by atoms with Crippen molar-refractivity contribution >= 4 is 52.5 Å². The van der Waals surface area contributed by atoms with Gasteiger partial charge in [-0.2, -0.15) is 13.2 Å². The summed E-state index contributed by atoms with van der Waals surface area (Å²) < 4.78 is 65.1. The van der Waals surface area contributed by atoms with E-state index in [1.807, 2.05) is 17.9 Å². The fourth-order valence-corrected chi connectivity index (χ4v) is 14.1. The van der Waals surface area contributed by atoms with E-state index in [-0.39, 0.29) is 88.1 Å². The van der Waals surface area contributed by atoms with Crippen LogP contribution in [0.4, 0.5) is 28.9 Å². The number of aromatic nitrogens is 1. The number of benzene rings is 3. The van der Waals surface area contributed by atoms with E-state index < -0.39 is 58.5 Å². The first kappa shape index (κ1) is 50.6. The lowest BCUT2D eigenvalue weighted by atomic mass is 9.53. The molecule has 1 aromatic heterocycles. The number of piperidine rings is 2. The number of anilines is 2. The molecule has 3 aromatic carbocycles. The monoisotopic (exact) mass is 1050 g/mol. The van der Waals surface area contributed by atoms with Crippen LogP contribution >= 0.6 is 11.6 Å². The fourth-order valence-electron chi connectivity index (χ4n) is 13.9. The summed E-state index contributed by atoms with van der Waals surface area (Å²) in [6.45, 7) is 8.06. The summed E-state index contributed by atoms with van der Waals surface area (Å²) in [5.74, 6) is 3.78. The van der Waals surface area contributed by atoms with Gasteiger partial charge in [0.2, 0.25) is 17.7 Å². The summed E-state index contributed by atoms with van der Waals surface area (Å²) >= 11 is 6.52. The van der Waals surface area contributed by atoms with Crippen molar-refractivity contribution < 1.29 is 46.3 Å². The molecule has 75 heavy (non-hydrogen) atoms. The van der Waals surface area contributed by atoms with Crippen LogP contribution in [0.2, 0.25) is 5.02 Å². The van der Waals surface area contributed by atoms with Crippen LogP contribution in [0.15, 0.2) is 66.9 Å². The van der Waals surface area contributed by atoms with Gasteiger partial charge < -0.3 is 25.2 Å². The van der Waals surface area contributed by atoms with Crippen molar-refractivity contribution in [1.82, 2.24) is 25.0 Å². The molecule has 3 spiro atoms. The zero-order chi connectivity index (χ0) is 53.0. The molecular weight excluding hydrogens is 990 g/mol. The normalized spacial score (nSPS) is 26.1. The van der Waals surface area contributed by atoms with Gasteiger partial charge in [-0.05, 0) is 122 Å². The molecule has 5 aliphatic heterocycles. The Kier molecular flexibility index (Phi) is 12.4. The van der Waals surface area contributed by atoms with Crippen LogP contribution < -0.4 is 20.7 Å². The Balaban J connectivity index is 0.825. The van der Waals surface area contributed by atoms with Crippen LogP contribution in [0.5, 0.6) is 5.75 Å². The van der Waals surface area contributed by atoms with Gasteiger partial charge in [0.05, 0.1) is 23.9 Å². The molecular formula is C57H58ClF4N7O6. The third-order valence-corrected chi connectivity index (χ3v) is 18.3. The number of ether oxygens (including phenoxy) is 1. The molecule has 3 saturated heterocycles. The zero-order valence-electron chi connectivity index (χ0n) is 42.2. The molecule has 0 unspecified atom stereocenters. The predicted molar refractivity (Wildman–Crippen MR) is 271 cm³/mol. The van der Waals surface area contributed by atoms with Crippen LogP contribution in [0.1, 0.15) is 133 Å². The molecule has 6 heterocycles. The molecule has 3 N–H and O–H groups in total. The second-order valence-electron chi connectivity index (χ2n) is 22.3. The number of likely N-dealkylation sites (tertiary alicyclic amines) is 2. The number of rotatable bonds is 7. The maximum atomic E-state index is 16.8. The Labute approximate surface area is 437 Å². The van der Waals surface area contributed by atoms with E-state index in [2.05, 4.69) is 51.5 Å². The highest BCUT2D eigenvalue weighted by molar-refractivity contribution is 6.30. The van der Waals surface area contributed by atoms with Gasteiger partial charge in [0.1, 0.15) is 23.3 Å². The van der Waals surface area contributed by atoms with E-state index in [1.165, 1.54) is 24.3 Å². The van der Waals surface area contributed by atoms with Gasteiger partial charge in [-0.15, -0.1) is 0 Å². The molecule has 2 saturated carbocycles. The highest BCUT2D eigenvalue weighted by atomic mass is 35.5. The van der Waals surface area contributed by atoms with Crippen molar-refractivity contribution in [2.24, 2.45) is 16.7 Å². The Morgan fingerprint density at radius 1 is 0.987 bits per heavy atom. The summed E-state index contributed by atoms with van der Waals surface area (Å²) in [4.78, 5) is 76.8. The average molecular weight is 1050 g/mol. The number of pyridine rings is 1. The van der Waals surface area contributed by atoms with E-state index in [9.17, 15) is 32.3 Å². The molecule has 392 valence electrons. The number of amides is 5. The Morgan fingerprint density at radius 2 is 1.73 bits per heavy atom. The zero-order valence-corrected chi connectivity index (χ0v) is 42.9. The SMILES string of the molecule is CCN1[C@@H](C(=O)Nc2ccc(C(=O)N3CCC4(CC3)C[C@@H]4C#Cc3cccc4c3CN([C@H]3CCC(=O)NC3=O)C4=O)cc2OC)[C@H](c2cccc(Cl)c2F)[C@]2(CNc3cc(C(F)(F)F)ncc32)C12CCC(C)(C)CC2. The van der Waals surface area contributed by atoms with Crippen LogP contribution in [0.3, 0.4) is 0 Å². The molecule has 0 radical (unpaired) electrons. The molecule has 0 bridgehead atoms. The number of carbonyl (C=O) groups is 5. The van der Waals surface area contributed by atoms with Gasteiger partial charge in [-0.1, -0.05) is 62.4 Å². The number of likely N-dealkylation sites (N-methyl/N-ethyl adjacent to an activating group) is 1. The number of hydrogen-bond donors (Lipinski definition) is 3. The van der Waals surface area contributed by atoms with Crippen molar-refractivity contribution in [3.63, 3.8) is 0 Å². The summed E-state index contributed by atoms with van der Waals surface area (Å²) in [7, 11) is 1.45. The fraction of sp³-hybridized carbons (Fsp3) is 0.474. The van der Waals surface area contributed by atoms with E-state index in [0.29, 0.717) is 49.2 Å². The lowest BCUT2D eigenvalue weighted by Gasteiger charge is -2.54. The number of imide groups is 1. The number of halogens is 5. The highest BCUT2D eigenvalue weighted by Crippen LogP contribution is 2.67. The van der Waals surface area contributed by atoms with Crippen molar-refractivity contribution in [3.05, 3.63) is 117 Å². The van der Waals surface area contributed by atoms with Gasteiger partial charge in [-0.25, -0.2) is 4.39 Å². The maximum Gasteiger partial charge on any atom is 0.433 e. The third-order valence-electron chi connectivity index (χ3n) is 18.1. The van der Waals surface area contributed by atoms with Gasteiger partial charge in [0.15, 0.2) is 0 Å². The van der Waals surface area contributed by atoms with Crippen LogP contribution in [0, 0.1) is 34.4 Å². The first-order chi connectivity index (χ1) is 35.7. The Bertz CT molecular complexity index is 3140. The van der Waals surface area contributed by atoms with E-state index in [0.717, 1.165) is 49.3 Å². The van der Waals surface area contributed by atoms with Crippen LogP contribution in [-0.4, -0.2) is 100 Å². The molecule has 4 aromatic rings. The summed E-state index contributed by atoms with van der Waals surface area (Å²) in [6, 6.07) is 14.2. The quantitative estimate of drug-likeness (QED) is 0.0935. The van der Waals surface area contributed by atoms with Gasteiger partial charge >= 0.3 is 6.18 Å². The molecule has 5 fully saturated rings. The smallest absolute Gasteiger partial charge is 0.433 e.